The first kappa shape index (κ1) is 19.1. The monoisotopic (exact) mass is 368 g/mol. The number of benzene rings is 1. The van der Waals surface area contributed by atoms with Gasteiger partial charge in [-0.25, -0.2) is 5.06 Å². The fourth-order valence-electron chi connectivity index (χ4n) is 3.10. The van der Waals surface area contributed by atoms with Gasteiger partial charge in [0.15, 0.2) is 0 Å². The first-order valence-electron chi connectivity index (χ1n) is 8.76. The average Bonchev–Trinajstić information content (AvgIpc) is 2.70. The molecule has 0 N–H and O–H groups in total. The molecule has 1 atom stereocenters. The highest BCUT2D eigenvalue weighted by Gasteiger charge is 2.22. The third-order valence-electron chi connectivity index (χ3n) is 5.02. The van der Waals surface area contributed by atoms with E-state index in [0.717, 1.165) is 22.6 Å². The third kappa shape index (κ3) is 3.72. The van der Waals surface area contributed by atoms with Crippen LogP contribution in [0.3, 0.4) is 0 Å². The minimum Gasteiger partial charge on any atom is -0.374 e. The predicted molar refractivity (Wildman–Crippen MR) is 105 cm³/mol. The van der Waals surface area contributed by atoms with Crippen LogP contribution in [0.5, 0.6) is 0 Å². The highest BCUT2D eigenvalue weighted by atomic mass is 16.7. The van der Waals surface area contributed by atoms with E-state index in [1.807, 2.05) is 35.8 Å². The maximum Gasteiger partial charge on any atom is 0.282 e. The van der Waals surface area contributed by atoms with Gasteiger partial charge in [-0.2, -0.15) is 0 Å². The summed E-state index contributed by atoms with van der Waals surface area (Å²) in [5.74, 6) is -0.470. The Bertz CT molecular complexity index is 989. The number of allylic oxidation sites excluding steroid dienone is 2. The SMILES string of the molecule is CON(C)C(=O)c1cn(CC2=CCC(C)(OC)C=C2)c2ccccc2c1=O. The Kier molecular flexibility index (Phi) is 5.30. The van der Waals surface area contributed by atoms with Crippen molar-refractivity contribution in [2.24, 2.45) is 0 Å². The van der Waals surface area contributed by atoms with E-state index in [1.165, 1.54) is 14.2 Å². The quantitative estimate of drug-likeness (QED) is 0.762. The van der Waals surface area contributed by atoms with E-state index in [2.05, 4.69) is 6.08 Å². The van der Waals surface area contributed by atoms with Crippen LogP contribution < -0.4 is 5.43 Å². The van der Waals surface area contributed by atoms with Crippen molar-refractivity contribution in [3.05, 3.63) is 70.1 Å². The van der Waals surface area contributed by atoms with Gasteiger partial charge in [-0.05, 0) is 31.1 Å². The summed E-state index contributed by atoms with van der Waals surface area (Å²) in [7, 11) is 4.57. The van der Waals surface area contributed by atoms with Crippen molar-refractivity contribution in [2.75, 3.05) is 21.3 Å². The lowest BCUT2D eigenvalue weighted by atomic mass is 9.93. The van der Waals surface area contributed by atoms with Gasteiger partial charge < -0.3 is 9.30 Å². The van der Waals surface area contributed by atoms with Crippen LogP contribution in [0.25, 0.3) is 10.9 Å². The largest absolute Gasteiger partial charge is 0.374 e. The van der Waals surface area contributed by atoms with E-state index in [-0.39, 0.29) is 16.6 Å². The number of aromatic nitrogens is 1. The lowest BCUT2D eigenvalue weighted by Gasteiger charge is -2.26. The number of fused-ring (bicyclic) bond motifs is 1. The van der Waals surface area contributed by atoms with E-state index in [4.69, 9.17) is 9.57 Å². The zero-order valence-corrected chi connectivity index (χ0v) is 16.1. The summed E-state index contributed by atoms with van der Waals surface area (Å²) in [5, 5.41) is 1.56. The lowest BCUT2D eigenvalue weighted by Crippen LogP contribution is -2.31. The summed E-state index contributed by atoms with van der Waals surface area (Å²) >= 11 is 0. The summed E-state index contributed by atoms with van der Waals surface area (Å²) in [4.78, 5) is 30.3. The van der Waals surface area contributed by atoms with E-state index >= 15 is 0 Å². The Morgan fingerprint density at radius 1 is 1.30 bits per heavy atom. The maximum atomic E-state index is 12.8. The number of hydroxylamine groups is 2. The number of hydrogen-bond donors (Lipinski definition) is 0. The Balaban J connectivity index is 2.05. The standard InChI is InChI=1S/C21H24N2O4/c1-21(26-3)11-9-15(10-12-21)13-23-14-17(20(25)22(2)27-4)19(24)16-7-5-6-8-18(16)23/h5-11,14H,12-13H2,1-4H3. The molecule has 1 aromatic heterocycles. The molecular weight excluding hydrogens is 344 g/mol. The summed E-state index contributed by atoms with van der Waals surface area (Å²) in [5.41, 5.74) is 1.37. The smallest absolute Gasteiger partial charge is 0.282 e. The summed E-state index contributed by atoms with van der Waals surface area (Å²) in [6.45, 7) is 2.58. The van der Waals surface area contributed by atoms with Gasteiger partial charge in [-0.1, -0.05) is 30.4 Å². The molecule has 0 radical (unpaired) electrons. The number of hydrogen-bond acceptors (Lipinski definition) is 4. The van der Waals surface area contributed by atoms with E-state index in [0.29, 0.717) is 11.9 Å². The number of rotatable bonds is 5. The van der Waals surface area contributed by atoms with Gasteiger partial charge in [0.1, 0.15) is 5.56 Å². The molecule has 0 aliphatic heterocycles. The lowest BCUT2D eigenvalue weighted by molar-refractivity contribution is -0.0758. The Hall–Kier alpha value is -2.70. The topological polar surface area (TPSA) is 60.8 Å². The van der Waals surface area contributed by atoms with Crippen molar-refractivity contribution in [3.8, 4) is 0 Å². The molecular formula is C21H24N2O4. The van der Waals surface area contributed by atoms with Crippen LogP contribution in [0.15, 0.2) is 59.1 Å². The minimum atomic E-state index is -0.470. The predicted octanol–water partition coefficient (Wildman–Crippen LogP) is 2.93. The molecule has 1 aliphatic carbocycles. The molecule has 6 nitrogen and oxygen atoms in total. The van der Waals surface area contributed by atoms with Crippen molar-refractivity contribution < 1.29 is 14.4 Å². The fourth-order valence-corrected chi connectivity index (χ4v) is 3.10. The van der Waals surface area contributed by atoms with Gasteiger partial charge in [0.25, 0.3) is 5.91 Å². The second-order valence-electron chi connectivity index (χ2n) is 6.84. The van der Waals surface area contributed by atoms with Crippen molar-refractivity contribution in [1.82, 2.24) is 9.63 Å². The number of carbonyl (C=O) groups excluding carboxylic acids is 1. The van der Waals surface area contributed by atoms with Crippen LogP contribution in [-0.4, -0.2) is 42.4 Å². The van der Waals surface area contributed by atoms with Crippen molar-refractivity contribution in [1.29, 1.82) is 0 Å². The van der Waals surface area contributed by atoms with Gasteiger partial charge in [0.2, 0.25) is 5.43 Å². The molecule has 1 unspecified atom stereocenters. The fraction of sp³-hybridized carbons (Fsp3) is 0.333. The summed E-state index contributed by atoms with van der Waals surface area (Å²) in [6, 6.07) is 7.31. The van der Waals surface area contributed by atoms with Gasteiger partial charge in [-0.3, -0.25) is 14.4 Å². The van der Waals surface area contributed by atoms with Gasteiger partial charge >= 0.3 is 0 Å². The molecule has 2 aromatic rings. The van der Waals surface area contributed by atoms with Crippen LogP contribution in [0, 0.1) is 0 Å². The summed E-state index contributed by atoms with van der Waals surface area (Å²) in [6.07, 6.45) is 8.58. The van der Waals surface area contributed by atoms with E-state index < -0.39 is 5.91 Å². The molecule has 0 saturated carbocycles. The van der Waals surface area contributed by atoms with Crippen molar-refractivity contribution >= 4 is 16.8 Å². The molecule has 6 heteroatoms. The highest BCUT2D eigenvalue weighted by molar-refractivity contribution is 5.96. The molecule has 1 heterocycles. The van der Waals surface area contributed by atoms with Crippen LogP contribution in [0.4, 0.5) is 0 Å². The first-order valence-corrected chi connectivity index (χ1v) is 8.76. The van der Waals surface area contributed by atoms with E-state index in [9.17, 15) is 9.59 Å². The molecule has 1 aromatic carbocycles. The zero-order chi connectivity index (χ0) is 19.6. The van der Waals surface area contributed by atoms with Crippen LogP contribution in [0.2, 0.25) is 0 Å². The molecule has 1 amide bonds. The molecule has 0 saturated heterocycles. The Labute approximate surface area is 158 Å². The number of ether oxygens (including phenoxy) is 1. The Morgan fingerprint density at radius 2 is 2.04 bits per heavy atom. The Morgan fingerprint density at radius 3 is 2.67 bits per heavy atom. The molecule has 0 fully saturated rings. The van der Waals surface area contributed by atoms with E-state index in [1.54, 1.807) is 25.4 Å². The number of pyridine rings is 1. The van der Waals surface area contributed by atoms with Gasteiger partial charge in [-0.15, -0.1) is 0 Å². The number of para-hydroxylation sites is 1. The molecule has 142 valence electrons. The molecule has 27 heavy (non-hydrogen) atoms. The van der Waals surface area contributed by atoms with Crippen LogP contribution in [-0.2, 0) is 16.1 Å². The zero-order valence-electron chi connectivity index (χ0n) is 16.1. The normalized spacial score (nSPS) is 19.2. The number of amides is 1. The van der Waals surface area contributed by atoms with Crippen molar-refractivity contribution in [2.45, 2.75) is 25.5 Å². The molecule has 3 rings (SSSR count). The van der Waals surface area contributed by atoms with Crippen LogP contribution >= 0.6 is 0 Å². The number of carbonyl (C=O) groups is 1. The minimum absolute atomic E-state index is 0.0835. The number of methoxy groups -OCH3 is 1. The van der Waals surface area contributed by atoms with Gasteiger partial charge in [0.05, 0.1) is 18.2 Å². The molecule has 1 aliphatic rings. The van der Waals surface area contributed by atoms with Crippen LogP contribution in [0.1, 0.15) is 23.7 Å². The number of nitrogens with zero attached hydrogens (tertiary/aromatic N) is 2. The average molecular weight is 368 g/mol. The highest BCUT2D eigenvalue weighted by Crippen LogP contribution is 2.25. The second kappa shape index (κ2) is 7.50. The maximum absolute atomic E-state index is 12.8. The van der Waals surface area contributed by atoms with Gasteiger partial charge in [0, 0.05) is 32.3 Å². The molecule has 0 bridgehead atoms. The molecule has 0 spiro atoms. The summed E-state index contributed by atoms with van der Waals surface area (Å²) < 4.78 is 7.44. The second-order valence-corrected chi connectivity index (χ2v) is 6.84. The first-order chi connectivity index (χ1) is 12.9. The third-order valence-corrected chi connectivity index (χ3v) is 5.02. The van der Waals surface area contributed by atoms with Crippen molar-refractivity contribution in [3.63, 3.8) is 0 Å².